The molecule has 1 unspecified atom stereocenters. The lowest BCUT2D eigenvalue weighted by atomic mass is 9.93. The SMILES string of the molecule is C1CCCN2CCC2CC1. The van der Waals surface area contributed by atoms with Crippen molar-refractivity contribution in [3.05, 3.63) is 0 Å². The van der Waals surface area contributed by atoms with E-state index in [-0.39, 0.29) is 0 Å². The summed E-state index contributed by atoms with van der Waals surface area (Å²) < 4.78 is 0. The molecule has 0 spiro atoms. The topological polar surface area (TPSA) is 3.24 Å². The van der Waals surface area contributed by atoms with E-state index in [1.807, 2.05) is 0 Å². The number of rotatable bonds is 0. The summed E-state index contributed by atoms with van der Waals surface area (Å²) in [4.78, 5) is 2.67. The molecule has 0 amide bonds. The van der Waals surface area contributed by atoms with Gasteiger partial charge in [0.25, 0.3) is 0 Å². The first-order valence-corrected chi connectivity index (χ1v) is 4.71. The van der Waals surface area contributed by atoms with Gasteiger partial charge in [0, 0.05) is 6.04 Å². The van der Waals surface area contributed by atoms with Gasteiger partial charge in [-0.3, -0.25) is 0 Å². The third kappa shape index (κ3) is 1.20. The molecular weight excluding hydrogens is 122 g/mol. The lowest BCUT2D eigenvalue weighted by molar-refractivity contribution is 0.0723. The van der Waals surface area contributed by atoms with Gasteiger partial charge >= 0.3 is 0 Å². The van der Waals surface area contributed by atoms with E-state index in [0.717, 1.165) is 6.04 Å². The third-order valence-corrected chi connectivity index (χ3v) is 3.00. The van der Waals surface area contributed by atoms with Crippen molar-refractivity contribution in [2.75, 3.05) is 13.1 Å². The van der Waals surface area contributed by atoms with E-state index < -0.39 is 0 Å². The quantitative estimate of drug-likeness (QED) is 0.496. The van der Waals surface area contributed by atoms with Crippen LogP contribution >= 0.6 is 0 Å². The van der Waals surface area contributed by atoms with Crippen molar-refractivity contribution < 1.29 is 0 Å². The van der Waals surface area contributed by atoms with E-state index in [1.165, 1.54) is 51.6 Å². The van der Waals surface area contributed by atoms with Crippen molar-refractivity contribution in [1.29, 1.82) is 0 Å². The first kappa shape index (κ1) is 6.66. The largest absolute Gasteiger partial charge is 0.300 e. The zero-order valence-electron chi connectivity index (χ0n) is 6.68. The van der Waals surface area contributed by atoms with Crippen LogP contribution in [0.15, 0.2) is 0 Å². The highest BCUT2D eigenvalue weighted by Crippen LogP contribution is 2.25. The fourth-order valence-corrected chi connectivity index (χ4v) is 2.16. The molecule has 0 radical (unpaired) electrons. The second-order valence-corrected chi connectivity index (χ2v) is 3.68. The highest BCUT2D eigenvalue weighted by molar-refractivity contribution is 4.83. The average molecular weight is 139 g/mol. The molecular formula is C9H17N. The Morgan fingerprint density at radius 2 is 1.70 bits per heavy atom. The van der Waals surface area contributed by atoms with E-state index in [9.17, 15) is 0 Å². The molecule has 0 aromatic carbocycles. The van der Waals surface area contributed by atoms with Gasteiger partial charge < -0.3 is 4.90 Å². The maximum absolute atomic E-state index is 2.67. The van der Waals surface area contributed by atoms with Gasteiger partial charge in [-0.05, 0) is 32.4 Å². The van der Waals surface area contributed by atoms with Gasteiger partial charge in [0.2, 0.25) is 0 Å². The summed E-state index contributed by atoms with van der Waals surface area (Å²) in [5, 5.41) is 0. The molecule has 2 saturated heterocycles. The second kappa shape index (κ2) is 2.91. The van der Waals surface area contributed by atoms with Gasteiger partial charge in [0.05, 0.1) is 0 Å². The van der Waals surface area contributed by atoms with Gasteiger partial charge in [-0.2, -0.15) is 0 Å². The first-order valence-electron chi connectivity index (χ1n) is 4.71. The van der Waals surface area contributed by atoms with Crippen LogP contribution in [0.2, 0.25) is 0 Å². The Morgan fingerprint density at radius 1 is 0.800 bits per heavy atom. The van der Waals surface area contributed by atoms with Gasteiger partial charge in [-0.15, -0.1) is 0 Å². The van der Waals surface area contributed by atoms with E-state index in [4.69, 9.17) is 0 Å². The van der Waals surface area contributed by atoms with Crippen molar-refractivity contribution in [3.63, 3.8) is 0 Å². The highest BCUT2D eigenvalue weighted by Gasteiger charge is 2.27. The smallest absolute Gasteiger partial charge is 0.0107 e. The fraction of sp³-hybridized carbons (Fsp3) is 1.00. The number of hydrogen-bond donors (Lipinski definition) is 0. The monoisotopic (exact) mass is 139 g/mol. The molecule has 0 N–H and O–H groups in total. The number of fused-ring (bicyclic) bond motifs is 1. The second-order valence-electron chi connectivity index (χ2n) is 3.68. The lowest BCUT2D eigenvalue weighted by Crippen LogP contribution is -2.48. The summed E-state index contributed by atoms with van der Waals surface area (Å²) in [5.41, 5.74) is 0. The van der Waals surface area contributed by atoms with Crippen molar-refractivity contribution in [1.82, 2.24) is 4.90 Å². The van der Waals surface area contributed by atoms with Crippen LogP contribution < -0.4 is 0 Å². The van der Waals surface area contributed by atoms with E-state index in [0.29, 0.717) is 0 Å². The molecule has 2 aliphatic heterocycles. The van der Waals surface area contributed by atoms with Gasteiger partial charge in [-0.25, -0.2) is 0 Å². The minimum atomic E-state index is 1.00. The summed E-state index contributed by atoms with van der Waals surface area (Å²) in [7, 11) is 0. The maximum Gasteiger partial charge on any atom is 0.0107 e. The Hall–Kier alpha value is -0.0400. The molecule has 10 heavy (non-hydrogen) atoms. The molecule has 0 aromatic heterocycles. The van der Waals surface area contributed by atoms with E-state index >= 15 is 0 Å². The van der Waals surface area contributed by atoms with Crippen LogP contribution in [-0.4, -0.2) is 24.0 Å². The molecule has 0 aliphatic carbocycles. The molecule has 2 fully saturated rings. The summed E-state index contributed by atoms with van der Waals surface area (Å²) >= 11 is 0. The van der Waals surface area contributed by atoms with Gasteiger partial charge in [0.1, 0.15) is 0 Å². The van der Waals surface area contributed by atoms with E-state index in [2.05, 4.69) is 4.90 Å². The summed E-state index contributed by atoms with van der Waals surface area (Å²) in [6, 6.07) is 1.00. The Kier molecular flexibility index (Phi) is 1.94. The minimum Gasteiger partial charge on any atom is -0.300 e. The molecule has 58 valence electrons. The molecule has 1 atom stereocenters. The Labute approximate surface area is 63.4 Å². The number of nitrogens with zero attached hydrogens (tertiary/aromatic N) is 1. The van der Waals surface area contributed by atoms with Crippen molar-refractivity contribution in [2.24, 2.45) is 0 Å². The fourth-order valence-electron chi connectivity index (χ4n) is 2.16. The molecule has 1 heteroatoms. The first-order chi connectivity index (χ1) is 4.97. The van der Waals surface area contributed by atoms with Crippen molar-refractivity contribution in [2.45, 2.75) is 44.6 Å². The molecule has 1 nitrogen and oxygen atoms in total. The van der Waals surface area contributed by atoms with Crippen LogP contribution in [0.1, 0.15) is 38.5 Å². The van der Waals surface area contributed by atoms with Crippen LogP contribution in [0.3, 0.4) is 0 Å². The molecule has 2 heterocycles. The number of hydrogen-bond acceptors (Lipinski definition) is 1. The molecule has 0 aromatic rings. The van der Waals surface area contributed by atoms with Crippen LogP contribution in [0.25, 0.3) is 0 Å². The summed E-state index contributed by atoms with van der Waals surface area (Å²) in [6.07, 6.45) is 8.88. The lowest BCUT2D eigenvalue weighted by Gasteiger charge is -2.42. The zero-order valence-corrected chi connectivity index (χ0v) is 6.68. The Balaban J connectivity index is 1.83. The molecule has 2 aliphatic rings. The predicted molar refractivity (Wildman–Crippen MR) is 43.1 cm³/mol. The average Bonchev–Trinajstić information content (AvgIpc) is 1.89. The molecule has 0 bridgehead atoms. The molecule has 0 saturated carbocycles. The summed E-state index contributed by atoms with van der Waals surface area (Å²) in [5.74, 6) is 0. The van der Waals surface area contributed by atoms with E-state index in [1.54, 1.807) is 0 Å². The zero-order chi connectivity index (χ0) is 6.81. The minimum absolute atomic E-state index is 1.00. The van der Waals surface area contributed by atoms with Crippen molar-refractivity contribution in [3.8, 4) is 0 Å². The van der Waals surface area contributed by atoms with Crippen LogP contribution in [-0.2, 0) is 0 Å². The predicted octanol–water partition coefficient (Wildman–Crippen LogP) is 2.02. The standard InChI is InChI=1S/C9H17N/c1-2-4-7-10-8-6-9(10)5-3-1/h9H,1-8H2. The van der Waals surface area contributed by atoms with Crippen LogP contribution in [0, 0.1) is 0 Å². The van der Waals surface area contributed by atoms with Crippen molar-refractivity contribution >= 4 is 0 Å². The molecule has 2 rings (SSSR count). The highest BCUT2D eigenvalue weighted by atomic mass is 15.2. The van der Waals surface area contributed by atoms with Gasteiger partial charge in [0.15, 0.2) is 0 Å². The van der Waals surface area contributed by atoms with Crippen LogP contribution in [0.4, 0.5) is 0 Å². The Morgan fingerprint density at radius 3 is 2.50 bits per heavy atom. The maximum atomic E-state index is 2.67. The Bertz CT molecular complexity index is 97.3. The van der Waals surface area contributed by atoms with Gasteiger partial charge in [-0.1, -0.05) is 19.3 Å². The third-order valence-electron chi connectivity index (χ3n) is 3.00. The van der Waals surface area contributed by atoms with Crippen LogP contribution in [0.5, 0.6) is 0 Å². The normalized spacial score (nSPS) is 35.4. The summed E-state index contributed by atoms with van der Waals surface area (Å²) in [6.45, 7) is 2.79.